The second-order valence-corrected chi connectivity index (χ2v) is 4.32. The molecule has 6 heteroatoms. The molecule has 0 aromatic heterocycles. The van der Waals surface area contributed by atoms with E-state index in [-0.39, 0.29) is 12.4 Å². The molecule has 0 heterocycles. The smallest absolute Gasteiger partial charge is 0.306 e. The van der Waals surface area contributed by atoms with Crippen LogP contribution in [0.15, 0.2) is 24.3 Å². The molecule has 0 spiro atoms. The topological polar surface area (TPSA) is 78.6 Å². The van der Waals surface area contributed by atoms with Crippen molar-refractivity contribution in [1.82, 2.24) is 0 Å². The third kappa shape index (κ3) is 3.73. The summed E-state index contributed by atoms with van der Waals surface area (Å²) in [6.07, 6.45) is 0.990. The van der Waals surface area contributed by atoms with Crippen LogP contribution in [0.1, 0.15) is 5.56 Å². The minimum absolute atomic E-state index is 0.272. The van der Waals surface area contributed by atoms with Crippen molar-refractivity contribution in [2.45, 2.75) is 6.61 Å². The highest BCUT2D eigenvalue weighted by atomic mass is 32.2. The lowest BCUT2D eigenvalue weighted by Crippen LogP contribution is -2.05. The van der Waals surface area contributed by atoms with Gasteiger partial charge in [0.1, 0.15) is 5.75 Å². The summed E-state index contributed by atoms with van der Waals surface area (Å²) in [5, 5.41) is 0. The van der Waals surface area contributed by atoms with E-state index in [1.807, 2.05) is 0 Å². The molecule has 5 nitrogen and oxygen atoms in total. The van der Waals surface area contributed by atoms with Gasteiger partial charge in [-0.1, -0.05) is 12.1 Å². The van der Waals surface area contributed by atoms with E-state index in [1.54, 1.807) is 12.1 Å². The van der Waals surface area contributed by atoms with Gasteiger partial charge in [-0.25, -0.2) is 5.90 Å². The van der Waals surface area contributed by atoms with Crippen molar-refractivity contribution in [1.29, 1.82) is 0 Å². The molecule has 0 fully saturated rings. The molecule has 1 rings (SSSR count). The van der Waals surface area contributed by atoms with Crippen molar-refractivity contribution in [2.24, 2.45) is 5.90 Å². The normalized spacial score (nSPS) is 11.3. The Kier molecular flexibility index (Phi) is 3.45. The molecule has 0 atom stereocenters. The largest absolute Gasteiger partial charge is 0.383 e. The maximum absolute atomic E-state index is 10.7. The minimum atomic E-state index is -3.46. The molecule has 0 aliphatic heterocycles. The predicted molar refractivity (Wildman–Crippen MR) is 50.9 cm³/mol. The SMILES string of the molecule is CS(=O)(=O)Oc1ccc(CON)cc1. The van der Waals surface area contributed by atoms with Crippen molar-refractivity contribution in [3.63, 3.8) is 0 Å². The summed E-state index contributed by atoms with van der Waals surface area (Å²) < 4.78 is 26.1. The van der Waals surface area contributed by atoms with Crippen molar-refractivity contribution in [2.75, 3.05) is 6.26 Å². The minimum Gasteiger partial charge on any atom is -0.383 e. The maximum Gasteiger partial charge on any atom is 0.306 e. The van der Waals surface area contributed by atoms with Gasteiger partial charge in [0.2, 0.25) is 0 Å². The summed E-state index contributed by atoms with van der Waals surface area (Å²) >= 11 is 0. The fraction of sp³-hybridized carbons (Fsp3) is 0.250. The van der Waals surface area contributed by atoms with Crippen molar-refractivity contribution < 1.29 is 17.4 Å². The highest BCUT2D eigenvalue weighted by Gasteiger charge is 2.03. The average molecular weight is 217 g/mol. The third-order valence-electron chi connectivity index (χ3n) is 1.42. The molecule has 0 amide bonds. The first-order valence-electron chi connectivity index (χ1n) is 3.81. The van der Waals surface area contributed by atoms with Gasteiger partial charge in [-0.2, -0.15) is 8.42 Å². The first kappa shape index (κ1) is 11.0. The molecule has 1 aromatic carbocycles. The van der Waals surface area contributed by atoms with E-state index in [1.165, 1.54) is 12.1 Å². The number of hydrogen-bond acceptors (Lipinski definition) is 5. The molecular weight excluding hydrogens is 206 g/mol. The Labute approximate surface area is 82.5 Å². The Hall–Kier alpha value is -1.11. The monoisotopic (exact) mass is 217 g/mol. The molecule has 1 aromatic rings. The Morgan fingerprint density at radius 2 is 1.86 bits per heavy atom. The first-order chi connectivity index (χ1) is 6.51. The van der Waals surface area contributed by atoms with Gasteiger partial charge in [0, 0.05) is 0 Å². The van der Waals surface area contributed by atoms with Crippen LogP contribution in [0, 0.1) is 0 Å². The van der Waals surface area contributed by atoms with E-state index >= 15 is 0 Å². The van der Waals surface area contributed by atoms with Crippen LogP contribution in [-0.4, -0.2) is 14.7 Å². The molecule has 0 aliphatic rings. The van der Waals surface area contributed by atoms with E-state index in [2.05, 4.69) is 9.02 Å². The van der Waals surface area contributed by atoms with Gasteiger partial charge in [-0.15, -0.1) is 0 Å². The molecule has 0 saturated heterocycles. The van der Waals surface area contributed by atoms with Crippen LogP contribution in [0.5, 0.6) is 5.75 Å². The molecule has 0 unspecified atom stereocenters. The number of nitrogens with two attached hydrogens (primary N) is 1. The quantitative estimate of drug-likeness (QED) is 0.584. The second kappa shape index (κ2) is 4.41. The zero-order valence-electron chi connectivity index (χ0n) is 7.64. The van der Waals surface area contributed by atoms with E-state index in [9.17, 15) is 8.42 Å². The van der Waals surface area contributed by atoms with E-state index in [4.69, 9.17) is 5.90 Å². The molecular formula is C8H11NO4S. The Balaban J connectivity index is 2.74. The summed E-state index contributed by atoms with van der Waals surface area (Å²) in [5.41, 5.74) is 0.841. The van der Waals surface area contributed by atoms with Crippen molar-refractivity contribution in [3.05, 3.63) is 29.8 Å². The maximum atomic E-state index is 10.7. The molecule has 0 aliphatic carbocycles. The third-order valence-corrected chi connectivity index (χ3v) is 1.92. The summed E-state index contributed by atoms with van der Waals surface area (Å²) in [6, 6.07) is 6.42. The summed E-state index contributed by atoms with van der Waals surface area (Å²) in [5.74, 6) is 5.14. The standard InChI is InChI=1S/C8H11NO4S/c1-14(10,11)13-8-4-2-7(3-5-8)6-12-9/h2-5H,6,9H2,1H3. The highest BCUT2D eigenvalue weighted by molar-refractivity contribution is 7.86. The molecule has 0 bridgehead atoms. The van der Waals surface area contributed by atoms with Crippen LogP contribution in [0.3, 0.4) is 0 Å². The second-order valence-electron chi connectivity index (χ2n) is 2.74. The van der Waals surface area contributed by atoms with Crippen LogP contribution in [-0.2, 0) is 21.6 Å². The summed E-state index contributed by atoms with van der Waals surface area (Å²) in [7, 11) is -3.46. The zero-order valence-corrected chi connectivity index (χ0v) is 8.45. The summed E-state index contributed by atoms with van der Waals surface area (Å²) in [4.78, 5) is 4.41. The zero-order chi connectivity index (χ0) is 10.6. The number of hydrogen-bond donors (Lipinski definition) is 1. The van der Waals surface area contributed by atoms with Gasteiger partial charge in [0.15, 0.2) is 0 Å². The van der Waals surface area contributed by atoms with Gasteiger partial charge >= 0.3 is 10.1 Å². The molecule has 0 radical (unpaired) electrons. The molecule has 14 heavy (non-hydrogen) atoms. The van der Waals surface area contributed by atoms with E-state index in [0.717, 1.165) is 11.8 Å². The van der Waals surface area contributed by atoms with Gasteiger partial charge in [0.05, 0.1) is 12.9 Å². The molecule has 0 saturated carbocycles. The lowest BCUT2D eigenvalue weighted by Gasteiger charge is -2.03. The van der Waals surface area contributed by atoms with Crippen molar-refractivity contribution >= 4 is 10.1 Å². The first-order valence-corrected chi connectivity index (χ1v) is 5.63. The number of benzene rings is 1. The predicted octanol–water partition coefficient (Wildman–Crippen LogP) is 0.415. The Bertz CT molecular complexity index is 384. The molecule has 2 N–H and O–H groups in total. The van der Waals surface area contributed by atoms with Crippen LogP contribution in [0.25, 0.3) is 0 Å². The van der Waals surface area contributed by atoms with Gasteiger partial charge in [-0.3, -0.25) is 4.84 Å². The van der Waals surface area contributed by atoms with Crippen LogP contribution in [0.4, 0.5) is 0 Å². The Morgan fingerprint density at radius 3 is 2.29 bits per heavy atom. The van der Waals surface area contributed by atoms with E-state index < -0.39 is 10.1 Å². The summed E-state index contributed by atoms with van der Waals surface area (Å²) in [6.45, 7) is 0.277. The lowest BCUT2D eigenvalue weighted by atomic mass is 10.2. The van der Waals surface area contributed by atoms with Gasteiger partial charge < -0.3 is 4.18 Å². The van der Waals surface area contributed by atoms with Crippen LogP contribution >= 0.6 is 0 Å². The highest BCUT2D eigenvalue weighted by Crippen LogP contribution is 2.13. The van der Waals surface area contributed by atoms with E-state index in [0.29, 0.717) is 0 Å². The lowest BCUT2D eigenvalue weighted by molar-refractivity contribution is 0.124. The van der Waals surface area contributed by atoms with Gasteiger partial charge in [-0.05, 0) is 17.7 Å². The van der Waals surface area contributed by atoms with Crippen LogP contribution in [0.2, 0.25) is 0 Å². The molecule has 78 valence electrons. The Morgan fingerprint density at radius 1 is 1.29 bits per heavy atom. The van der Waals surface area contributed by atoms with Crippen LogP contribution < -0.4 is 10.1 Å². The fourth-order valence-corrected chi connectivity index (χ4v) is 1.37. The fourth-order valence-electron chi connectivity index (χ4n) is 0.912. The number of rotatable bonds is 4. The van der Waals surface area contributed by atoms with Crippen molar-refractivity contribution in [3.8, 4) is 5.75 Å². The van der Waals surface area contributed by atoms with Gasteiger partial charge in [0.25, 0.3) is 0 Å². The average Bonchev–Trinajstić information content (AvgIpc) is 2.06.